The largest absolute Gasteiger partial charge is 0.489 e. The first-order valence-corrected chi connectivity index (χ1v) is 13.4. The van der Waals surface area contributed by atoms with Crippen molar-refractivity contribution in [1.29, 1.82) is 0 Å². The molecule has 5 rings (SSSR count). The fourth-order valence-electron chi connectivity index (χ4n) is 4.93. The Morgan fingerprint density at radius 2 is 1.77 bits per heavy atom. The van der Waals surface area contributed by atoms with Crippen molar-refractivity contribution in [3.05, 3.63) is 54.1 Å². The van der Waals surface area contributed by atoms with E-state index in [0.717, 1.165) is 5.56 Å². The third-order valence-corrected chi connectivity index (χ3v) is 6.91. The van der Waals surface area contributed by atoms with Crippen molar-refractivity contribution in [2.75, 3.05) is 32.8 Å². The van der Waals surface area contributed by atoms with Gasteiger partial charge in [-0.15, -0.1) is 0 Å². The van der Waals surface area contributed by atoms with Crippen molar-refractivity contribution in [2.45, 2.75) is 58.0 Å². The number of likely N-dealkylation sites (tertiary alicyclic amines) is 1. The van der Waals surface area contributed by atoms with Crippen LogP contribution in [0.1, 0.15) is 39.2 Å². The smallest absolute Gasteiger partial charge is 0.410 e. The Labute approximate surface area is 228 Å². The van der Waals surface area contributed by atoms with E-state index >= 15 is 0 Å². The minimum Gasteiger partial charge on any atom is -0.489 e. The van der Waals surface area contributed by atoms with Crippen LogP contribution in [-0.4, -0.2) is 83.3 Å². The molecule has 10 heteroatoms. The summed E-state index contributed by atoms with van der Waals surface area (Å²) >= 11 is 0. The summed E-state index contributed by atoms with van der Waals surface area (Å²) in [5.41, 5.74) is 0.491. The second kappa shape index (κ2) is 11.0. The van der Waals surface area contributed by atoms with Crippen LogP contribution in [-0.2, 0) is 16.1 Å². The fourth-order valence-corrected chi connectivity index (χ4v) is 4.93. The molecule has 0 N–H and O–H groups in total. The molecular weight excluding hydrogens is 502 g/mol. The van der Waals surface area contributed by atoms with E-state index < -0.39 is 11.7 Å². The highest BCUT2D eigenvalue weighted by Crippen LogP contribution is 2.36. The van der Waals surface area contributed by atoms with Crippen molar-refractivity contribution >= 4 is 18.0 Å². The topological polar surface area (TPSA) is 97.9 Å². The van der Waals surface area contributed by atoms with Crippen molar-refractivity contribution < 1.29 is 33.3 Å². The maximum atomic E-state index is 13.2. The first-order chi connectivity index (χ1) is 18.7. The van der Waals surface area contributed by atoms with E-state index in [1.807, 2.05) is 57.2 Å². The maximum Gasteiger partial charge on any atom is 0.410 e. The lowest BCUT2D eigenvalue weighted by Crippen LogP contribution is -2.49. The molecule has 0 spiro atoms. The Balaban J connectivity index is 1.14. The molecule has 10 nitrogen and oxygen atoms in total. The molecule has 0 bridgehead atoms. The van der Waals surface area contributed by atoms with Gasteiger partial charge in [0.25, 0.3) is 0 Å². The molecule has 0 radical (unpaired) electrons. The molecule has 0 unspecified atom stereocenters. The quantitative estimate of drug-likeness (QED) is 0.513. The van der Waals surface area contributed by atoms with Crippen LogP contribution in [0.4, 0.5) is 9.59 Å². The second-order valence-electron chi connectivity index (χ2n) is 11.0. The number of hydrogen-bond donors (Lipinski definition) is 0. The van der Waals surface area contributed by atoms with Gasteiger partial charge in [-0.25, -0.2) is 9.59 Å². The highest BCUT2D eigenvalue weighted by molar-refractivity contribution is 6.02. The lowest BCUT2D eigenvalue weighted by molar-refractivity contribution is -0.126. The van der Waals surface area contributed by atoms with Gasteiger partial charge >= 0.3 is 12.1 Å². The molecule has 0 aliphatic carbocycles. The summed E-state index contributed by atoms with van der Waals surface area (Å²) < 4.78 is 23.3. The number of urea groups is 1. The van der Waals surface area contributed by atoms with Crippen LogP contribution in [0.5, 0.6) is 17.2 Å². The Morgan fingerprint density at radius 3 is 2.49 bits per heavy atom. The van der Waals surface area contributed by atoms with Crippen LogP contribution in [0, 0.1) is 0 Å². The molecule has 4 amide bonds. The number of nitrogens with zero attached hydrogens (tertiary/aromatic N) is 3. The number of carbonyl (C=O) groups excluding carboxylic acids is 3. The highest BCUT2D eigenvalue weighted by atomic mass is 16.6. The number of carbonyl (C=O) groups is 3. The molecule has 3 aliphatic heterocycles. The van der Waals surface area contributed by atoms with E-state index in [9.17, 15) is 14.4 Å². The first-order valence-electron chi connectivity index (χ1n) is 13.4. The number of ether oxygens (including phenoxy) is 4. The number of fused-ring (bicyclic) bond motifs is 1. The van der Waals surface area contributed by atoms with Gasteiger partial charge in [0.2, 0.25) is 5.91 Å². The average Bonchev–Trinajstić information content (AvgIpc) is 3.20. The molecule has 2 aromatic carbocycles. The second-order valence-corrected chi connectivity index (χ2v) is 11.0. The fraction of sp³-hybridized carbons (Fsp3) is 0.483. The number of imide groups is 1. The molecular formula is C29H35N3O7. The van der Waals surface area contributed by atoms with Gasteiger partial charge in [-0.2, -0.15) is 0 Å². The van der Waals surface area contributed by atoms with E-state index in [4.69, 9.17) is 18.9 Å². The predicted molar refractivity (Wildman–Crippen MR) is 142 cm³/mol. The number of rotatable bonds is 6. The monoisotopic (exact) mass is 537 g/mol. The summed E-state index contributed by atoms with van der Waals surface area (Å²) in [6, 6.07) is 14.8. The van der Waals surface area contributed by atoms with E-state index in [1.165, 1.54) is 4.90 Å². The molecule has 1 atom stereocenters. The molecule has 39 heavy (non-hydrogen) atoms. The Hall–Kier alpha value is -3.95. The molecule has 2 aromatic rings. The molecule has 208 valence electrons. The lowest BCUT2D eigenvalue weighted by Gasteiger charge is -2.36. The third kappa shape index (κ3) is 6.38. The summed E-state index contributed by atoms with van der Waals surface area (Å²) in [6.45, 7) is 7.22. The number of amides is 4. The Bertz CT molecular complexity index is 1210. The highest BCUT2D eigenvalue weighted by Gasteiger charge is 2.43. The van der Waals surface area contributed by atoms with Crippen LogP contribution >= 0.6 is 0 Å². The zero-order chi connectivity index (χ0) is 27.6. The van der Waals surface area contributed by atoms with E-state index in [-0.39, 0.29) is 43.8 Å². The standard InChI is InChI=1S/C29H35N3O7/c1-29(2,3)39-28(35)30-13-11-21(12-14-30)31-17-26(33)32(27(31)34)16-23-19-37-24-10-9-22(15-25(24)38-23)36-18-20-7-5-4-6-8-20/h4-10,15,21,23H,11-14,16-19H2,1-3H3/t23-/m1/s1. The van der Waals surface area contributed by atoms with Crippen molar-refractivity contribution in [1.82, 2.24) is 14.7 Å². The minimum atomic E-state index is -0.562. The summed E-state index contributed by atoms with van der Waals surface area (Å²) in [5.74, 6) is 1.49. The van der Waals surface area contributed by atoms with Gasteiger partial charge < -0.3 is 28.7 Å². The zero-order valence-electron chi connectivity index (χ0n) is 22.6. The van der Waals surface area contributed by atoms with Gasteiger partial charge in [-0.05, 0) is 51.3 Å². The van der Waals surface area contributed by atoms with E-state index in [1.54, 1.807) is 21.9 Å². The van der Waals surface area contributed by atoms with Gasteiger partial charge in [0.05, 0.1) is 6.54 Å². The summed E-state index contributed by atoms with van der Waals surface area (Å²) in [5, 5.41) is 0. The minimum absolute atomic E-state index is 0.0254. The third-order valence-electron chi connectivity index (χ3n) is 6.91. The number of benzene rings is 2. The molecule has 0 saturated carbocycles. The number of hydrogen-bond acceptors (Lipinski definition) is 7. The summed E-state index contributed by atoms with van der Waals surface area (Å²) in [7, 11) is 0. The van der Waals surface area contributed by atoms with Gasteiger partial charge in [-0.1, -0.05) is 30.3 Å². The molecule has 3 heterocycles. The van der Waals surface area contributed by atoms with Crippen molar-refractivity contribution in [3.8, 4) is 17.2 Å². The average molecular weight is 538 g/mol. The van der Waals surface area contributed by atoms with Gasteiger partial charge in [-0.3, -0.25) is 9.69 Å². The Kier molecular flexibility index (Phi) is 7.54. The lowest BCUT2D eigenvalue weighted by atomic mass is 10.0. The van der Waals surface area contributed by atoms with E-state index in [0.29, 0.717) is 49.8 Å². The van der Waals surface area contributed by atoms with Crippen molar-refractivity contribution in [3.63, 3.8) is 0 Å². The maximum absolute atomic E-state index is 13.2. The molecule has 3 aliphatic rings. The van der Waals surface area contributed by atoms with Crippen LogP contribution in [0.3, 0.4) is 0 Å². The summed E-state index contributed by atoms with van der Waals surface area (Å²) in [4.78, 5) is 42.9. The van der Waals surface area contributed by atoms with Crippen LogP contribution < -0.4 is 14.2 Å². The summed E-state index contributed by atoms with van der Waals surface area (Å²) in [6.07, 6.45) is 0.334. The normalized spacial score (nSPS) is 19.9. The van der Waals surface area contributed by atoms with Gasteiger partial charge in [0.1, 0.15) is 31.1 Å². The van der Waals surface area contributed by atoms with E-state index in [2.05, 4.69) is 0 Å². The zero-order valence-corrected chi connectivity index (χ0v) is 22.6. The van der Waals surface area contributed by atoms with Crippen LogP contribution in [0.25, 0.3) is 0 Å². The molecule has 2 fully saturated rings. The van der Waals surface area contributed by atoms with Gasteiger partial charge in [0, 0.05) is 25.2 Å². The molecule has 2 saturated heterocycles. The number of piperidine rings is 1. The van der Waals surface area contributed by atoms with Gasteiger partial charge in [0.15, 0.2) is 17.6 Å². The SMILES string of the molecule is CC(C)(C)OC(=O)N1CCC(N2CC(=O)N(C[C@@H]3COc4ccc(OCc5ccccc5)cc4O3)C2=O)CC1. The molecule has 0 aromatic heterocycles. The Morgan fingerprint density at radius 1 is 1.03 bits per heavy atom. The van der Waals surface area contributed by atoms with Crippen LogP contribution in [0.2, 0.25) is 0 Å². The van der Waals surface area contributed by atoms with Crippen LogP contribution in [0.15, 0.2) is 48.5 Å². The first kappa shape index (κ1) is 26.6. The van der Waals surface area contributed by atoms with Crippen molar-refractivity contribution in [2.24, 2.45) is 0 Å². The predicted octanol–water partition coefficient (Wildman–Crippen LogP) is 4.07.